The Morgan fingerprint density at radius 2 is 1.90 bits per heavy atom. The summed E-state index contributed by atoms with van der Waals surface area (Å²) in [5.41, 5.74) is 3.10. The normalized spacial score (nSPS) is 14.2. The van der Waals surface area contributed by atoms with Crippen LogP contribution in [-0.2, 0) is 22.6 Å². The van der Waals surface area contributed by atoms with Crippen molar-refractivity contribution in [3.8, 4) is 0 Å². The van der Waals surface area contributed by atoms with E-state index in [0.29, 0.717) is 29.3 Å². The van der Waals surface area contributed by atoms with Gasteiger partial charge in [0.25, 0.3) is 0 Å². The van der Waals surface area contributed by atoms with Crippen LogP contribution in [0.25, 0.3) is 0 Å². The summed E-state index contributed by atoms with van der Waals surface area (Å²) in [6.07, 6.45) is 4.66. The van der Waals surface area contributed by atoms with Crippen molar-refractivity contribution < 1.29 is 9.59 Å². The van der Waals surface area contributed by atoms with E-state index in [1.165, 1.54) is 30.2 Å². The first-order valence-electron chi connectivity index (χ1n) is 10.2. The molecule has 1 aromatic heterocycles. The maximum atomic E-state index is 12.5. The summed E-state index contributed by atoms with van der Waals surface area (Å²) >= 11 is 1.36. The molecule has 2 N–H and O–H groups in total. The first-order chi connectivity index (χ1) is 14.0. The lowest BCUT2D eigenvalue weighted by atomic mass is 10.1. The standard InChI is InChI=1S/C21H29N5O2S/c1-4-26-18(12-19(27)23-17-10-9-14(2)15(3)11-17)24-25-21(26)29-13-20(28)22-16-7-5-6-8-16/h9-11,16H,4-8,12-13H2,1-3H3,(H,22,28)(H,23,27). The molecule has 1 heterocycles. The summed E-state index contributed by atoms with van der Waals surface area (Å²) in [5, 5.41) is 15.0. The van der Waals surface area contributed by atoms with Gasteiger partial charge in [-0.3, -0.25) is 9.59 Å². The fourth-order valence-corrected chi connectivity index (χ4v) is 4.34. The number of benzene rings is 1. The molecule has 2 aromatic rings. The highest BCUT2D eigenvalue weighted by Crippen LogP contribution is 2.20. The second-order valence-electron chi connectivity index (χ2n) is 7.50. The topological polar surface area (TPSA) is 88.9 Å². The Kier molecular flexibility index (Phi) is 7.30. The van der Waals surface area contributed by atoms with E-state index >= 15 is 0 Å². The molecule has 1 aromatic carbocycles. The van der Waals surface area contributed by atoms with Crippen LogP contribution < -0.4 is 10.6 Å². The highest BCUT2D eigenvalue weighted by atomic mass is 32.2. The Hall–Kier alpha value is -2.35. The van der Waals surface area contributed by atoms with Gasteiger partial charge in [0, 0.05) is 18.3 Å². The van der Waals surface area contributed by atoms with Crippen LogP contribution in [0.15, 0.2) is 23.4 Å². The third-order valence-electron chi connectivity index (χ3n) is 5.27. The minimum atomic E-state index is -0.133. The number of carbonyl (C=O) groups is 2. The van der Waals surface area contributed by atoms with Crippen LogP contribution in [-0.4, -0.2) is 38.4 Å². The molecule has 1 saturated carbocycles. The van der Waals surface area contributed by atoms with Crippen LogP contribution in [0.3, 0.4) is 0 Å². The largest absolute Gasteiger partial charge is 0.353 e. The maximum absolute atomic E-state index is 12.5. The number of rotatable bonds is 8. The van der Waals surface area contributed by atoms with Crippen molar-refractivity contribution in [3.05, 3.63) is 35.2 Å². The van der Waals surface area contributed by atoms with E-state index in [1.807, 2.05) is 43.5 Å². The van der Waals surface area contributed by atoms with Crippen molar-refractivity contribution in [1.82, 2.24) is 20.1 Å². The lowest BCUT2D eigenvalue weighted by molar-refractivity contribution is -0.119. The molecule has 7 nitrogen and oxygen atoms in total. The third-order valence-corrected chi connectivity index (χ3v) is 6.24. The van der Waals surface area contributed by atoms with Gasteiger partial charge in [-0.25, -0.2) is 0 Å². The summed E-state index contributed by atoms with van der Waals surface area (Å²) < 4.78 is 1.90. The second-order valence-corrected chi connectivity index (χ2v) is 8.45. The zero-order valence-corrected chi connectivity index (χ0v) is 18.1. The predicted molar refractivity (Wildman–Crippen MR) is 115 cm³/mol. The number of aryl methyl sites for hydroxylation is 2. The number of amides is 2. The average Bonchev–Trinajstić information content (AvgIpc) is 3.32. The molecule has 29 heavy (non-hydrogen) atoms. The molecular weight excluding hydrogens is 386 g/mol. The van der Waals surface area contributed by atoms with E-state index in [-0.39, 0.29) is 18.2 Å². The average molecular weight is 416 g/mol. The summed E-state index contributed by atoms with van der Waals surface area (Å²) in [7, 11) is 0. The van der Waals surface area contributed by atoms with Gasteiger partial charge in [-0.15, -0.1) is 10.2 Å². The van der Waals surface area contributed by atoms with Crippen LogP contribution in [0.4, 0.5) is 5.69 Å². The Morgan fingerprint density at radius 1 is 1.14 bits per heavy atom. The number of aromatic nitrogens is 3. The molecule has 1 aliphatic rings. The van der Waals surface area contributed by atoms with Crippen molar-refractivity contribution >= 4 is 29.3 Å². The van der Waals surface area contributed by atoms with Gasteiger partial charge in [0.2, 0.25) is 11.8 Å². The number of nitrogens with zero attached hydrogens (tertiary/aromatic N) is 3. The van der Waals surface area contributed by atoms with Crippen LogP contribution in [0.1, 0.15) is 49.6 Å². The van der Waals surface area contributed by atoms with Gasteiger partial charge in [-0.2, -0.15) is 0 Å². The summed E-state index contributed by atoms with van der Waals surface area (Å²) in [4.78, 5) is 24.6. The van der Waals surface area contributed by atoms with Gasteiger partial charge in [-0.05, 0) is 56.9 Å². The lowest BCUT2D eigenvalue weighted by Gasteiger charge is -2.12. The van der Waals surface area contributed by atoms with Crippen molar-refractivity contribution in [3.63, 3.8) is 0 Å². The monoisotopic (exact) mass is 415 g/mol. The first-order valence-corrected chi connectivity index (χ1v) is 11.2. The van der Waals surface area contributed by atoms with Gasteiger partial charge < -0.3 is 15.2 Å². The molecule has 0 atom stereocenters. The molecule has 0 bridgehead atoms. The Labute approximate surface area is 176 Å². The highest BCUT2D eigenvalue weighted by molar-refractivity contribution is 7.99. The van der Waals surface area contributed by atoms with Crippen molar-refractivity contribution in [2.24, 2.45) is 0 Å². The van der Waals surface area contributed by atoms with Gasteiger partial charge >= 0.3 is 0 Å². The number of carbonyl (C=O) groups excluding carboxylic acids is 2. The number of hydrogen-bond donors (Lipinski definition) is 2. The van der Waals surface area contributed by atoms with Crippen LogP contribution in [0.5, 0.6) is 0 Å². The Morgan fingerprint density at radius 3 is 2.59 bits per heavy atom. The van der Waals surface area contributed by atoms with Gasteiger partial charge in [0.1, 0.15) is 5.82 Å². The van der Waals surface area contributed by atoms with E-state index in [1.54, 1.807) is 0 Å². The molecule has 1 aliphatic carbocycles. The summed E-state index contributed by atoms with van der Waals surface area (Å²) in [6.45, 7) is 6.69. The number of anilines is 1. The Bertz CT molecular complexity index is 874. The Balaban J connectivity index is 1.55. The smallest absolute Gasteiger partial charge is 0.232 e. The molecule has 2 amide bonds. The second kappa shape index (κ2) is 9.91. The van der Waals surface area contributed by atoms with E-state index in [4.69, 9.17) is 0 Å². The third kappa shape index (κ3) is 5.82. The SMILES string of the molecule is CCn1c(CC(=O)Nc2ccc(C)c(C)c2)nnc1SCC(=O)NC1CCCC1. The zero-order valence-electron chi connectivity index (χ0n) is 17.3. The summed E-state index contributed by atoms with van der Waals surface area (Å²) in [6, 6.07) is 6.17. The fraction of sp³-hybridized carbons (Fsp3) is 0.524. The van der Waals surface area contributed by atoms with E-state index < -0.39 is 0 Å². The van der Waals surface area contributed by atoms with E-state index in [0.717, 1.165) is 24.1 Å². The van der Waals surface area contributed by atoms with Crippen LogP contribution in [0, 0.1) is 13.8 Å². The number of nitrogens with one attached hydrogen (secondary N) is 2. The van der Waals surface area contributed by atoms with Crippen molar-refractivity contribution in [1.29, 1.82) is 0 Å². The van der Waals surface area contributed by atoms with Gasteiger partial charge in [0.15, 0.2) is 5.16 Å². The zero-order chi connectivity index (χ0) is 20.8. The van der Waals surface area contributed by atoms with Crippen LogP contribution in [0.2, 0.25) is 0 Å². The molecule has 0 aliphatic heterocycles. The first kappa shape index (κ1) is 21.4. The minimum absolute atomic E-state index is 0.0292. The lowest BCUT2D eigenvalue weighted by Crippen LogP contribution is -2.33. The molecular formula is C21H29N5O2S. The maximum Gasteiger partial charge on any atom is 0.232 e. The predicted octanol–water partition coefficient (Wildman–Crippen LogP) is 3.25. The van der Waals surface area contributed by atoms with Gasteiger partial charge in [0.05, 0.1) is 12.2 Å². The van der Waals surface area contributed by atoms with Crippen LogP contribution >= 0.6 is 11.8 Å². The molecule has 0 unspecified atom stereocenters. The van der Waals surface area contributed by atoms with Gasteiger partial charge in [-0.1, -0.05) is 30.7 Å². The molecule has 3 rings (SSSR count). The van der Waals surface area contributed by atoms with Crippen molar-refractivity contribution in [2.75, 3.05) is 11.1 Å². The minimum Gasteiger partial charge on any atom is -0.353 e. The summed E-state index contributed by atoms with van der Waals surface area (Å²) in [5.74, 6) is 0.809. The molecule has 8 heteroatoms. The molecule has 156 valence electrons. The molecule has 0 saturated heterocycles. The molecule has 0 spiro atoms. The number of thioether (sulfide) groups is 1. The number of hydrogen-bond acceptors (Lipinski definition) is 5. The quantitative estimate of drug-likeness (QED) is 0.646. The van der Waals surface area contributed by atoms with Crippen molar-refractivity contribution in [2.45, 2.75) is 70.6 Å². The fourth-order valence-electron chi connectivity index (χ4n) is 3.51. The van der Waals surface area contributed by atoms with E-state index in [9.17, 15) is 9.59 Å². The highest BCUT2D eigenvalue weighted by Gasteiger charge is 2.19. The molecule has 1 fully saturated rings. The van der Waals surface area contributed by atoms with E-state index in [2.05, 4.69) is 20.8 Å². The molecule has 0 radical (unpaired) electrons.